The largest absolute Gasteiger partial charge is 0.478 e. The molecule has 0 saturated carbocycles. The molecule has 1 aromatic rings. The fourth-order valence-electron chi connectivity index (χ4n) is 2.21. The van der Waals surface area contributed by atoms with Gasteiger partial charge in [-0.1, -0.05) is 0 Å². The number of benzene rings is 1. The van der Waals surface area contributed by atoms with Crippen LogP contribution in [0, 0.1) is 5.82 Å². The maximum Gasteiger partial charge on any atom is 0.338 e. The predicted molar refractivity (Wildman–Crippen MR) is 78.6 cm³/mol. The van der Waals surface area contributed by atoms with Crippen LogP contribution in [0.25, 0.3) is 0 Å². The number of piperazine rings is 1. The lowest BCUT2D eigenvalue weighted by Gasteiger charge is -2.32. The lowest BCUT2D eigenvalue weighted by molar-refractivity contribution is 0.0691. The summed E-state index contributed by atoms with van der Waals surface area (Å²) in [5, 5.41) is 8.88. The molecule has 1 atom stereocenters. The Hall–Kier alpha value is -1.31. The second kappa shape index (κ2) is 7.11. The van der Waals surface area contributed by atoms with Gasteiger partial charge in [0.05, 0.1) is 16.4 Å². The van der Waals surface area contributed by atoms with E-state index in [1.165, 1.54) is 6.07 Å². The van der Waals surface area contributed by atoms with Gasteiger partial charge in [0.15, 0.2) is 0 Å². The minimum absolute atomic E-state index is 0.364. The predicted octanol–water partition coefficient (Wildman–Crippen LogP) is 0.879. The molecular weight excluding hydrogens is 295 g/mol. The molecule has 0 aliphatic carbocycles. The van der Waals surface area contributed by atoms with E-state index in [4.69, 9.17) is 5.11 Å². The molecule has 1 unspecified atom stereocenters. The summed E-state index contributed by atoms with van der Waals surface area (Å²) in [4.78, 5) is 15.7. The maximum absolute atomic E-state index is 13.3. The zero-order valence-electron chi connectivity index (χ0n) is 11.9. The molecular formula is C14H19FN2O3S. The second-order valence-electron chi connectivity index (χ2n) is 5.14. The zero-order valence-corrected chi connectivity index (χ0v) is 12.7. The molecule has 0 bridgehead atoms. The molecule has 0 spiro atoms. The summed E-state index contributed by atoms with van der Waals surface area (Å²) in [6.45, 7) is 4.56. The van der Waals surface area contributed by atoms with E-state index in [0.29, 0.717) is 17.2 Å². The van der Waals surface area contributed by atoms with Crippen molar-refractivity contribution in [2.24, 2.45) is 0 Å². The molecule has 21 heavy (non-hydrogen) atoms. The Labute approximate surface area is 125 Å². The Morgan fingerprint density at radius 2 is 2.00 bits per heavy atom. The van der Waals surface area contributed by atoms with E-state index in [2.05, 4.69) is 16.8 Å². The Morgan fingerprint density at radius 3 is 2.62 bits per heavy atom. The van der Waals surface area contributed by atoms with Crippen LogP contribution in [-0.2, 0) is 10.8 Å². The first-order valence-electron chi connectivity index (χ1n) is 6.79. The lowest BCUT2D eigenvalue weighted by Crippen LogP contribution is -2.45. The highest BCUT2D eigenvalue weighted by molar-refractivity contribution is 7.85. The number of rotatable bonds is 5. The van der Waals surface area contributed by atoms with Gasteiger partial charge in [-0.25, -0.2) is 9.18 Å². The van der Waals surface area contributed by atoms with E-state index in [1.807, 2.05) is 0 Å². The van der Waals surface area contributed by atoms with E-state index in [-0.39, 0.29) is 0 Å². The molecule has 1 aliphatic heterocycles. The molecule has 0 radical (unpaired) electrons. The van der Waals surface area contributed by atoms with Crippen LogP contribution in [0.5, 0.6) is 0 Å². The summed E-state index contributed by atoms with van der Waals surface area (Å²) in [6.07, 6.45) is 0. The molecule has 5 nitrogen and oxygen atoms in total. The number of carbonyl (C=O) groups is 1. The Kier molecular flexibility index (Phi) is 5.44. The van der Waals surface area contributed by atoms with Crippen LogP contribution in [-0.4, -0.2) is 70.6 Å². The van der Waals surface area contributed by atoms with Crippen molar-refractivity contribution in [3.05, 3.63) is 29.6 Å². The van der Waals surface area contributed by atoms with Crippen LogP contribution in [0.3, 0.4) is 0 Å². The Bertz CT molecular complexity index is 545. The Balaban J connectivity index is 1.94. The van der Waals surface area contributed by atoms with Gasteiger partial charge in [-0.2, -0.15) is 0 Å². The molecule has 0 aromatic heterocycles. The molecule has 0 amide bonds. The maximum atomic E-state index is 13.3. The highest BCUT2D eigenvalue weighted by atomic mass is 32.2. The summed E-state index contributed by atoms with van der Waals surface area (Å²) >= 11 is 0. The first-order valence-corrected chi connectivity index (χ1v) is 8.11. The summed E-state index contributed by atoms with van der Waals surface area (Å²) in [6, 6.07) is 3.62. The molecule has 1 N–H and O–H groups in total. The first kappa shape index (κ1) is 16.1. The van der Waals surface area contributed by atoms with Crippen LogP contribution < -0.4 is 0 Å². The van der Waals surface area contributed by atoms with Gasteiger partial charge in [0, 0.05) is 43.4 Å². The van der Waals surface area contributed by atoms with Crippen LogP contribution in [0.1, 0.15) is 10.4 Å². The lowest BCUT2D eigenvalue weighted by atomic mass is 10.2. The number of nitrogens with zero attached hydrogens (tertiary/aromatic N) is 2. The monoisotopic (exact) mass is 314 g/mol. The van der Waals surface area contributed by atoms with Crippen molar-refractivity contribution in [2.75, 3.05) is 45.5 Å². The number of carboxylic acids is 1. The number of carboxylic acid groups (broad SMARTS) is 1. The third-order valence-corrected chi connectivity index (χ3v) is 4.95. The number of hydrogen-bond acceptors (Lipinski definition) is 4. The summed E-state index contributed by atoms with van der Waals surface area (Å²) in [7, 11) is 0.757. The van der Waals surface area contributed by atoms with Crippen molar-refractivity contribution in [3.63, 3.8) is 0 Å². The van der Waals surface area contributed by atoms with Crippen molar-refractivity contribution in [1.29, 1.82) is 0 Å². The highest BCUT2D eigenvalue weighted by Crippen LogP contribution is 2.14. The molecule has 1 fully saturated rings. The smallest absolute Gasteiger partial charge is 0.338 e. The molecule has 116 valence electrons. The molecule has 2 rings (SSSR count). The zero-order chi connectivity index (χ0) is 15.4. The number of hydrogen-bond donors (Lipinski definition) is 1. The SMILES string of the molecule is CN1CCN(CCS(=O)c2ccc(F)c(C(=O)O)c2)CC1. The fraction of sp³-hybridized carbons (Fsp3) is 0.500. The quantitative estimate of drug-likeness (QED) is 0.874. The number of likely N-dealkylation sites (N-methyl/N-ethyl adjacent to an activating group) is 1. The van der Waals surface area contributed by atoms with E-state index in [0.717, 1.165) is 38.3 Å². The minimum atomic E-state index is -1.34. The van der Waals surface area contributed by atoms with Crippen LogP contribution in [0.4, 0.5) is 4.39 Å². The van der Waals surface area contributed by atoms with Crippen LogP contribution in [0.2, 0.25) is 0 Å². The van der Waals surface area contributed by atoms with Crippen LogP contribution in [0.15, 0.2) is 23.1 Å². The van der Waals surface area contributed by atoms with Gasteiger partial charge in [-0.3, -0.25) is 9.11 Å². The van der Waals surface area contributed by atoms with Crippen molar-refractivity contribution in [2.45, 2.75) is 4.90 Å². The second-order valence-corrected chi connectivity index (χ2v) is 6.71. The fourth-order valence-corrected chi connectivity index (χ4v) is 3.34. The standard InChI is InChI=1S/C14H19FN2O3S/c1-16-4-6-17(7-5-16)8-9-21(20)11-2-3-13(15)12(10-11)14(18)19/h2-3,10H,4-9H2,1H3,(H,18,19). The molecule has 1 heterocycles. The average Bonchev–Trinajstić information content (AvgIpc) is 2.46. The van der Waals surface area contributed by atoms with Crippen LogP contribution >= 0.6 is 0 Å². The van der Waals surface area contributed by atoms with Crippen molar-refractivity contribution in [1.82, 2.24) is 9.80 Å². The van der Waals surface area contributed by atoms with Gasteiger partial charge in [-0.05, 0) is 25.2 Å². The van der Waals surface area contributed by atoms with Gasteiger partial charge >= 0.3 is 5.97 Å². The van der Waals surface area contributed by atoms with Crippen molar-refractivity contribution >= 4 is 16.8 Å². The number of aromatic carboxylic acids is 1. The van der Waals surface area contributed by atoms with Gasteiger partial charge in [-0.15, -0.1) is 0 Å². The highest BCUT2D eigenvalue weighted by Gasteiger charge is 2.16. The van der Waals surface area contributed by atoms with Crippen molar-refractivity contribution in [3.8, 4) is 0 Å². The summed E-state index contributed by atoms with van der Waals surface area (Å²) in [5.41, 5.74) is -0.430. The molecule has 7 heteroatoms. The number of halogens is 1. The average molecular weight is 314 g/mol. The van der Waals surface area contributed by atoms with E-state index >= 15 is 0 Å². The summed E-state index contributed by atoms with van der Waals surface area (Å²) < 4.78 is 25.5. The van der Waals surface area contributed by atoms with Gasteiger partial charge < -0.3 is 10.0 Å². The molecule has 1 saturated heterocycles. The van der Waals surface area contributed by atoms with Gasteiger partial charge in [0.25, 0.3) is 0 Å². The topological polar surface area (TPSA) is 60.9 Å². The third-order valence-electron chi connectivity index (χ3n) is 3.62. The minimum Gasteiger partial charge on any atom is -0.478 e. The molecule has 1 aliphatic rings. The third kappa shape index (κ3) is 4.33. The molecule has 1 aromatic carbocycles. The first-order chi connectivity index (χ1) is 9.97. The summed E-state index contributed by atoms with van der Waals surface area (Å²) in [5.74, 6) is -1.72. The van der Waals surface area contributed by atoms with Gasteiger partial charge in [0.1, 0.15) is 5.82 Å². The van der Waals surface area contributed by atoms with E-state index in [1.54, 1.807) is 0 Å². The normalized spacial score (nSPS) is 18.6. The van der Waals surface area contributed by atoms with E-state index < -0.39 is 28.1 Å². The van der Waals surface area contributed by atoms with E-state index in [9.17, 15) is 13.4 Å². The Morgan fingerprint density at radius 1 is 1.33 bits per heavy atom. The van der Waals surface area contributed by atoms with Gasteiger partial charge in [0.2, 0.25) is 0 Å². The van der Waals surface area contributed by atoms with Crippen molar-refractivity contribution < 1.29 is 18.5 Å².